The Kier molecular flexibility index (Phi) is 7.41. The van der Waals surface area contributed by atoms with Crippen molar-refractivity contribution in [3.05, 3.63) is 29.3 Å². The first-order valence-corrected chi connectivity index (χ1v) is 8.15. The maximum absolute atomic E-state index is 12.0. The third-order valence-electron chi connectivity index (χ3n) is 3.27. The molecule has 0 spiro atoms. The molecule has 3 nitrogen and oxygen atoms in total. The minimum atomic E-state index is 0.103. The van der Waals surface area contributed by atoms with Crippen molar-refractivity contribution in [3.8, 4) is 0 Å². The lowest BCUT2D eigenvalue weighted by atomic mass is 10.0. The van der Waals surface area contributed by atoms with Crippen LogP contribution in [0.15, 0.2) is 29.2 Å². The molecule has 1 unspecified atom stereocenters. The molecule has 2 N–H and O–H groups in total. The summed E-state index contributed by atoms with van der Waals surface area (Å²) in [6.45, 7) is 4.89. The van der Waals surface area contributed by atoms with Gasteiger partial charge in [-0.25, -0.2) is 0 Å². The van der Waals surface area contributed by atoms with Crippen LogP contribution in [0, 0.1) is 5.92 Å². The van der Waals surface area contributed by atoms with E-state index in [2.05, 4.69) is 13.8 Å². The fraction of sp³-hybridized carbons (Fsp3) is 0.533. The molecule has 0 fully saturated rings. The molecule has 1 rings (SSSR count). The Hall–Kier alpha value is -0.710. The molecule has 1 amide bonds. The topological polar surface area (TPSA) is 46.3 Å². The van der Waals surface area contributed by atoms with Gasteiger partial charge in [-0.05, 0) is 24.5 Å². The number of halogens is 1. The number of hydrogen-bond donors (Lipinski definition) is 1. The van der Waals surface area contributed by atoms with Crippen LogP contribution in [0.1, 0.15) is 20.3 Å². The maximum Gasteiger partial charge on any atom is 0.232 e. The van der Waals surface area contributed by atoms with Gasteiger partial charge in [-0.2, -0.15) is 0 Å². The van der Waals surface area contributed by atoms with E-state index in [9.17, 15) is 4.79 Å². The number of rotatable bonds is 7. The summed E-state index contributed by atoms with van der Waals surface area (Å²) in [6.07, 6.45) is 0.830. The summed E-state index contributed by atoms with van der Waals surface area (Å²) in [5.74, 6) is 0.943. The minimum absolute atomic E-state index is 0.103. The molecule has 0 saturated carbocycles. The van der Waals surface area contributed by atoms with Crippen molar-refractivity contribution in [2.75, 3.05) is 19.3 Å². The number of thioether (sulfide) groups is 1. The second-order valence-corrected chi connectivity index (χ2v) is 6.66. The maximum atomic E-state index is 12.0. The number of nitrogens with two attached hydrogens (primary N) is 1. The number of hydrogen-bond acceptors (Lipinski definition) is 3. The van der Waals surface area contributed by atoms with Crippen molar-refractivity contribution in [2.24, 2.45) is 11.7 Å². The first kappa shape index (κ1) is 17.3. The van der Waals surface area contributed by atoms with E-state index in [-0.39, 0.29) is 11.9 Å². The fourth-order valence-electron chi connectivity index (χ4n) is 1.61. The molecule has 0 aliphatic heterocycles. The van der Waals surface area contributed by atoms with Crippen molar-refractivity contribution >= 4 is 29.3 Å². The molecule has 20 heavy (non-hydrogen) atoms. The van der Waals surface area contributed by atoms with Crippen LogP contribution >= 0.6 is 23.4 Å². The van der Waals surface area contributed by atoms with Crippen molar-refractivity contribution in [1.82, 2.24) is 4.90 Å². The fourth-order valence-corrected chi connectivity index (χ4v) is 2.79. The van der Waals surface area contributed by atoms with E-state index in [1.807, 2.05) is 31.3 Å². The van der Waals surface area contributed by atoms with Gasteiger partial charge in [0.1, 0.15) is 0 Å². The SMILES string of the molecule is CC(C)C(N)CCN(C)C(=O)CSc1ccccc1Cl. The van der Waals surface area contributed by atoms with Gasteiger partial charge >= 0.3 is 0 Å². The van der Waals surface area contributed by atoms with Crippen molar-refractivity contribution < 1.29 is 4.79 Å². The second kappa shape index (κ2) is 8.55. The van der Waals surface area contributed by atoms with Crippen LogP contribution in [0.3, 0.4) is 0 Å². The summed E-state index contributed by atoms with van der Waals surface area (Å²) in [4.78, 5) is 14.7. The Morgan fingerprint density at radius 1 is 1.40 bits per heavy atom. The van der Waals surface area contributed by atoms with Gasteiger partial charge in [0.25, 0.3) is 0 Å². The Morgan fingerprint density at radius 2 is 2.05 bits per heavy atom. The average molecular weight is 315 g/mol. The number of amides is 1. The van der Waals surface area contributed by atoms with E-state index in [0.29, 0.717) is 23.2 Å². The molecule has 1 atom stereocenters. The molecule has 5 heteroatoms. The molecule has 0 radical (unpaired) electrons. The third kappa shape index (κ3) is 5.73. The molecule has 0 heterocycles. The molecule has 1 aromatic rings. The Bertz CT molecular complexity index is 440. The van der Waals surface area contributed by atoms with Gasteiger partial charge in [-0.3, -0.25) is 4.79 Å². The molecule has 112 valence electrons. The molecule has 0 aliphatic rings. The smallest absolute Gasteiger partial charge is 0.232 e. The largest absolute Gasteiger partial charge is 0.345 e. The zero-order valence-corrected chi connectivity index (χ0v) is 13.9. The van der Waals surface area contributed by atoms with Gasteiger partial charge in [-0.15, -0.1) is 11.8 Å². The number of carbonyl (C=O) groups excluding carboxylic acids is 1. The Balaban J connectivity index is 2.37. The summed E-state index contributed by atoms with van der Waals surface area (Å²) in [5.41, 5.74) is 5.99. The predicted molar refractivity (Wildman–Crippen MR) is 87.2 cm³/mol. The minimum Gasteiger partial charge on any atom is -0.345 e. The van der Waals surface area contributed by atoms with E-state index >= 15 is 0 Å². The van der Waals surface area contributed by atoms with Crippen LogP contribution in [0.4, 0.5) is 0 Å². The van der Waals surface area contributed by atoms with Crippen molar-refractivity contribution in [3.63, 3.8) is 0 Å². The summed E-state index contributed by atoms with van der Waals surface area (Å²) in [5, 5.41) is 0.690. The molecule has 1 aromatic carbocycles. The van der Waals surface area contributed by atoms with Crippen LogP contribution in [0.2, 0.25) is 5.02 Å². The van der Waals surface area contributed by atoms with E-state index in [1.54, 1.807) is 4.90 Å². The van der Waals surface area contributed by atoms with Gasteiger partial charge in [0.2, 0.25) is 5.91 Å². The van der Waals surface area contributed by atoms with Gasteiger partial charge in [0.15, 0.2) is 0 Å². The zero-order valence-electron chi connectivity index (χ0n) is 12.3. The molecular weight excluding hydrogens is 292 g/mol. The van der Waals surface area contributed by atoms with Crippen LogP contribution in [0.5, 0.6) is 0 Å². The molecule has 0 saturated heterocycles. The number of benzene rings is 1. The molecule has 0 bridgehead atoms. The summed E-state index contributed by atoms with van der Waals surface area (Å²) in [6, 6.07) is 7.70. The lowest BCUT2D eigenvalue weighted by Gasteiger charge is -2.21. The van der Waals surface area contributed by atoms with E-state index in [1.165, 1.54) is 11.8 Å². The van der Waals surface area contributed by atoms with Gasteiger partial charge in [-0.1, -0.05) is 37.6 Å². The van der Waals surface area contributed by atoms with Crippen LogP contribution < -0.4 is 5.73 Å². The quantitative estimate of drug-likeness (QED) is 0.786. The van der Waals surface area contributed by atoms with Crippen molar-refractivity contribution in [1.29, 1.82) is 0 Å². The molecule has 0 aliphatic carbocycles. The highest BCUT2D eigenvalue weighted by Gasteiger charge is 2.13. The normalized spacial score (nSPS) is 12.5. The molecular formula is C15H23ClN2OS. The highest BCUT2D eigenvalue weighted by molar-refractivity contribution is 8.00. The summed E-state index contributed by atoms with van der Waals surface area (Å²) < 4.78 is 0. The second-order valence-electron chi connectivity index (χ2n) is 5.23. The van der Waals surface area contributed by atoms with Gasteiger partial charge in [0.05, 0.1) is 10.8 Å². The zero-order chi connectivity index (χ0) is 15.1. The number of carbonyl (C=O) groups is 1. The van der Waals surface area contributed by atoms with Crippen LogP contribution in [-0.4, -0.2) is 36.2 Å². The summed E-state index contributed by atoms with van der Waals surface area (Å²) >= 11 is 7.53. The number of nitrogens with zero attached hydrogens (tertiary/aromatic N) is 1. The summed E-state index contributed by atoms with van der Waals surface area (Å²) in [7, 11) is 1.82. The van der Waals surface area contributed by atoms with Crippen LogP contribution in [0.25, 0.3) is 0 Å². The molecule has 0 aromatic heterocycles. The lowest BCUT2D eigenvalue weighted by Crippen LogP contribution is -2.35. The Morgan fingerprint density at radius 3 is 2.65 bits per heavy atom. The highest BCUT2D eigenvalue weighted by atomic mass is 35.5. The first-order chi connectivity index (χ1) is 9.41. The third-order valence-corrected chi connectivity index (χ3v) is 4.77. The average Bonchev–Trinajstić information content (AvgIpc) is 2.42. The van der Waals surface area contributed by atoms with E-state index in [4.69, 9.17) is 17.3 Å². The van der Waals surface area contributed by atoms with Gasteiger partial charge < -0.3 is 10.6 Å². The first-order valence-electron chi connectivity index (χ1n) is 6.78. The standard InChI is InChI=1S/C15H23ClN2OS/c1-11(2)13(17)8-9-18(3)15(19)10-20-14-7-5-4-6-12(14)16/h4-7,11,13H,8-10,17H2,1-3H3. The van der Waals surface area contributed by atoms with E-state index < -0.39 is 0 Å². The highest BCUT2D eigenvalue weighted by Crippen LogP contribution is 2.26. The lowest BCUT2D eigenvalue weighted by molar-refractivity contribution is -0.127. The van der Waals surface area contributed by atoms with E-state index in [0.717, 1.165) is 11.3 Å². The Labute approximate surface area is 130 Å². The predicted octanol–water partition coefficient (Wildman–Crippen LogP) is 3.26. The van der Waals surface area contributed by atoms with Crippen molar-refractivity contribution in [2.45, 2.75) is 31.2 Å². The monoisotopic (exact) mass is 314 g/mol. The van der Waals surface area contributed by atoms with Gasteiger partial charge in [0, 0.05) is 24.5 Å². The van der Waals surface area contributed by atoms with Crippen LogP contribution in [-0.2, 0) is 4.79 Å².